The zero-order valence-electron chi connectivity index (χ0n) is 19.3. The molecule has 0 aliphatic rings. The first-order chi connectivity index (χ1) is 18.8. The summed E-state index contributed by atoms with van der Waals surface area (Å²) in [5, 5.41) is -4.38. The van der Waals surface area contributed by atoms with E-state index in [0.29, 0.717) is 37.4 Å². The van der Waals surface area contributed by atoms with Crippen LogP contribution in [0.15, 0.2) is 30.3 Å². The normalized spacial score (nSPS) is 11.6. The molecule has 0 saturated heterocycles. The van der Waals surface area contributed by atoms with Crippen molar-refractivity contribution >= 4 is 21.5 Å². The first kappa shape index (κ1) is 27.2. The molecule has 1 nitrogen and oxygen atoms in total. The van der Waals surface area contributed by atoms with Gasteiger partial charge >= 0.3 is 0 Å². The third-order valence-electron chi connectivity index (χ3n) is 6.26. The van der Waals surface area contributed by atoms with Crippen LogP contribution in [-0.4, -0.2) is 7.11 Å². The Labute approximate surface area is 214 Å². The van der Waals surface area contributed by atoms with Gasteiger partial charge in [-0.1, -0.05) is 6.07 Å². The number of benzene rings is 5. The van der Waals surface area contributed by atoms with Gasteiger partial charge in [-0.2, -0.15) is 8.78 Å². The van der Waals surface area contributed by atoms with Crippen molar-refractivity contribution in [2.75, 3.05) is 7.11 Å². The second-order valence-electron chi connectivity index (χ2n) is 8.33. The van der Waals surface area contributed by atoms with E-state index < -0.39 is 119 Å². The van der Waals surface area contributed by atoms with Gasteiger partial charge in [0.15, 0.2) is 40.7 Å². The van der Waals surface area contributed by atoms with Crippen molar-refractivity contribution in [2.24, 2.45) is 0 Å². The minimum Gasteiger partial charge on any atom is -0.491 e. The minimum atomic E-state index is -2.59. The first-order valence-electron chi connectivity index (χ1n) is 10.8. The van der Waals surface area contributed by atoms with E-state index in [9.17, 15) is 35.1 Å². The zero-order valence-corrected chi connectivity index (χ0v) is 19.3. The minimum absolute atomic E-state index is 0.348. The number of hydrogen-bond acceptors (Lipinski definition) is 1. The van der Waals surface area contributed by atoms with Crippen molar-refractivity contribution in [3.8, 4) is 28.0 Å². The van der Waals surface area contributed by atoms with Crippen LogP contribution in [0.4, 0.5) is 52.7 Å². The topological polar surface area (TPSA) is 9.23 Å². The fraction of sp³-hybridized carbons (Fsp3) is 0.0370. The van der Waals surface area contributed by atoms with Gasteiger partial charge in [0.25, 0.3) is 0 Å². The number of methoxy groups -OCH3 is 1. The lowest BCUT2D eigenvalue weighted by molar-refractivity contribution is 0.334. The van der Waals surface area contributed by atoms with E-state index in [1.807, 2.05) is 0 Å². The summed E-state index contributed by atoms with van der Waals surface area (Å²) >= 11 is 0. The van der Waals surface area contributed by atoms with Crippen LogP contribution in [-0.2, 0) is 0 Å². The first-order valence-corrected chi connectivity index (χ1v) is 10.8. The Morgan fingerprint density at radius 2 is 0.825 bits per heavy atom. The molecule has 13 heteroatoms. The smallest absolute Gasteiger partial charge is 0.204 e. The maximum Gasteiger partial charge on any atom is 0.204 e. The van der Waals surface area contributed by atoms with Crippen molar-refractivity contribution in [2.45, 2.75) is 0 Å². The van der Waals surface area contributed by atoms with E-state index in [-0.39, 0.29) is 0 Å². The summed E-state index contributed by atoms with van der Waals surface area (Å²) in [4.78, 5) is 0. The quantitative estimate of drug-likeness (QED) is 0.0902. The monoisotopic (exact) mass is 576 g/mol. The standard InChI is InChI=1S/C27H8F12O/c1-40-27-25(38)20(33)17(21(34)26(27)39)13-9-6-7(28)2-3-8(9)12(14-10(29)4-5-11(30)15(13)14)16-18(31)22(35)24(37)23(36)19(16)32/h2-6H,1H3. The largest absolute Gasteiger partial charge is 0.491 e. The van der Waals surface area contributed by atoms with Gasteiger partial charge < -0.3 is 4.74 Å². The number of fused-ring (bicyclic) bond motifs is 2. The molecule has 0 N–H and O–H groups in total. The highest BCUT2D eigenvalue weighted by molar-refractivity contribution is 6.22. The van der Waals surface area contributed by atoms with Gasteiger partial charge in [0.1, 0.15) is 17.5 Å². The molecule has 40 heavy (non-hydrogen) atoms. The van der Waals surface area contributed by atoms with Gasteiger partial charge in [-0.25, -0.2) is 43.9 Å². The van der Waals surface area contributed by atoms with E-state index in [1.54, 1.807) is 0 Å². The molecule has 5 aromatic rings. The predicted molar refractivity (Wildman–Crippen MR) is 118 cm³/mol. The summed E-state index contributed by atoms with van der Waals surface area (Å²) in [7, 11) is 0.661. The lowest BCUT2D eigenvalue weighted by Gasteiger charge is -2.21. The molecule has 0 aliphatic carbocycles. The van der Waals surface area contributed by atoms with Crippen LogP contribution in [0.3, 0.4) is 0 Å². The van der Waals surface area contributed by atoms with Gasteiger partial charge in [0.05, 0.1) is 18.2 Å². The average Bonchev–Trinajstić information content (AvgIpc) is 2.92. The number of rotatable bonds is 3. The third-order valence-corrected chi connectivity index (χ3v) is 6.26. The average molecular weight is 576 g/mol. The molecule has 0 spiro atoms. The van der Waals surface area contributed by atoms with Gasteiger partial charge in [-0.15, -0.1) is 0 Å². The molecular weight excluding hydrogens is 568 g/mol. The van der Waals surface area contributed by atoms with Crippen LogP contribution in [0.25, 0.3) is 43.8 Å². The van der Waals surface area contributed by atoms with E-state index in [1.165, 1.54) is 0 Å². The van der Waals surface area contributed by atoms with Crippen LogP contribution in [0.5, 0.6) is 5.75 Å². The van der Waals surface area contributed by atoms with Crippen molar-refractivity contribution in [1.29, 1.82) is 0 Å². The Kier molecular flexibility index (Phi) is 6.35. The Hall–Kier alpha value is -4.42. The SMILES string of the molecule is COc1c(F)c(F)c(-c2c3cc(F)ccc3c(-c3c(F)c(F)c(F)c(F)c3F)c3c(F)ccc(F)c23)c(F)c1F. The fourth-order valence-corrected chi connectivity index (χ4v) is 4.61. The maximum atomic E-state index is 15.4. The molecule has 5 rings (SSSR count). The highest BCUT2D eigenvalue weighted by Crippen LogP contribution is 2.49. The van der Waals surface area contributed by atoms with Crippen molar-refractivity contribution < 1.29 is 57.4 Å². The zero-order chi connectivity index (χ0) is 29.4. The van der Waals surface area contributed by atoms with Crippen LogP contribution in [0.1, 0.15) is 0 Å². The second kappa shape index (κ2) is 9.35. The molecule has 0 unspecified atom stereocenters. The Bertz CT molecular complexity index is 1860. The summed E-state index contributed by atoms with van der Waals surface area (Å²) in [5.41, 5.74) is -5.95. The summed E-state index contributed by atoms with van der Waals surface area (Å²) < 4.78 is 181. The van der Waals surface area contributed by atoms with Crippen LogP contribution >= 0.6 is 0 Å². The summed E-state index contributed by atoms with van der Waals surface area (Å²) in [6, 6.07) is 2.25. The van der Waals surface area contributed by atoms with Crippen LogP contribution in [0.2, 0.25) is 0 Å². The van der Waals surface area contributed by atoms with Gasteiger partial charge in [-0.3, -0.25) is 0 Å². The van der Waals surface area contributed by atoms with Gasteiger partial charge in [-0.05, 0) is 35.0 Å². The predicted octanol–water partition coefficient (Wildman–Crippen LogP) is 9.00. The Morgan fingerprint density at radius 1 is 0.425 bits per heavy atom. The number of ether oxygens (including phenoxy) is 1. The molecule has 0 atom stereocenters. The Morgan fingerprint density at radius 3 is 1.27 bits per heavy atom. The lowest BCUT2D eigenvalue weighted by atomic mass is 9.84. The van der Waals surface area contributed by atoms with E-state index in [0.717, 1.165) is 0 Å². The molecule has 0 radical (unpaired) electrons. The molecule has 0 bridgehead atoms. The van der Waals surface area contributed by atoms with Gasteiger partial charge in [0, 0.05) is 21.9 Å². The highest BCUT2D eigenvalue weighted by Gasteiger charge is 2.34. The van der Waals surface area contributed by atoms with Crippen LogP contribution in [0, 0.1) is 69.8 Å². The summed E-state index contributed by atoms with van der Waals surface area (Å²) in [5.74, 6) is -27.3. The Balaban J connectivity index is 2.17. The molecule has 206 valence electrons. The maximum absolute atomic E-state index is 15.4. The van der Waals surface area contributed by atoms with Crippen LogP contribution < -0.4 is 4.74 Å². The highest BCUT2D eigenvalue weighted by atomic mass is 19.2. The third kappa shape index (κ3) is 3.59. The summed E-state index contributed by atoms with van der Waals surface area (Å²) in [6.07, 6.45) is 0. The summed E-state index contributed by atoms with van der Waals surface area (Å²) in [6.45, 7) is 0. The number of hydrogen-bond donors (Lipinski definition) is 0. The molecule has 0 amide bonds. The lowest BCUT2D eigenvalue weighted by Crippen LogP contribution is -2.07. The molecule has 0 fully saturated rings. The van der Waals surface area contributed by atoms with Crippen molar-refractivity contribution in [3.05, 3.63) is 100 Å². The molecule has 0 saturated carbocycles. The molecule has 0 aliphatic heterocycles. The molecule has 0 heterocycles. The molecular formula is C27H8F12O. The molecule has 5 aromatic carbocycles. The van der Waals surface area contributed by atoms with Gasteiger partial charge in [0.2, 0.25) is 17.5 Å². The van der Waals surface area contributed by atoms with E-state index >= 15 is 17.6 Å². The van der Waals surface area contributed by atoms with Crippen molar-refractivity contribution in [1.82, 2.24) is 0 Å². The molecule has 0 aromatic heterocycles. The second-order valence-corrected chi connectivity index (χ2v) is 8.33. The van der Waals surface area contributed by atoms with E-state index in [2.05, 4.69) is 4.74 Å². The van der Waals surface area contributed by atoms with E-state index in [4.69, 9.17) is 0 Å². The fourth-order valence-electron chi connectivity index (χ4n) is 4.61. The van der Waals surface area contributed by atoms with Crippen molar-refractivity contribution in [3.63, 3.8) is 0 Å². The number of halogens is 12.